The van der Waals surface area contributed by atoms with Gasteiger partial charge in [-0.15, -0.1) is 11.3 Å². The highest BCUT2D eigenvalue weighted by atomic mass is 32.1. The Hall–Kier alpha value is -2.44. The zero-order chi connectivity index (χ0) is 18.7. The van der Waals surface area contributed by atoms with E-state index in [1.54, 1.807) is 0 Å². The second kappa shape index (κ2) is 7.85. The van der Waals surface area contributed by atoms with Crippen LogP contribution in [0, 0.1) is 6.92 Å². The Labute approximate surface area is 157 Å². The van der Waals surface area contributed by atoms with Gasteiger partial charge in [0.05, 0.1) is 24.8 Å². The van der Waals surface area contributed by atoms with E-state index in [1.807, 2.05) is 62.5 Å². The summed E-state index contributed by atoms with van der Waals surface area (Å²) in [5.74, 6) is -0.592. The average molecular weight is 370 g/mol. The number of amides is 2. The number of imide groups is 1. The molecule has 1 N–H and O–H groups in total. The Morgan fingerprint density at radius 2 is 1.85 bits per heavy atom. The number of thiophene rings is 1. The van der Waals surface area contributed by atoms with Gasteiger partial charge in [0, 0.05) is 10.6 Å². The molecule has 26 heavy (non-hydrogen) atoms. The van der Waals surface area contributed by atoms with Crippen molar-refractivity contribution in [2.24, 2.45) is 0 Å². The first-order chi connectivity index (χ1) is 12.5. The Bertz CT molecular complexity index is 823. The van der Waals surface area contributed by atoms with Crippen molar-refractivity contribution in [3.63, 3.8) is 0 Å². The second-order valence-corrected chi connectivity index (χ2v) is 7.35. The molecule has 1 aliphatic heterocycles. The largest absolute Gasteiger partial charge is 0.377 e. The number of benzene rings is 1. The van der Waals surface area contributed by atoms with E-state index in [2.05, 4.69) is 5.32 Å². The van der Waals surface area contributed by atoms with E-state index in [9.17, 15) is 9.59 Å². The van der Waals surface area contributed by atoms with Crippen LogP contribution >= 0.6 is 11.3 Å². The standard InChI is InChI=1S/C20H22N2O3S/c1-13(2)25-11-10-22-19(23)17(16-5-4-12-26-16)18(20(22)24)21-15-8-6-14(3)7-9-15/h4-9,12-13,21H,10-11H2,1-3H3. The third-order valence-electron chi connectivity index (χ3n) is 4.02. The van der Waals surface area contributed by atoms with Gasteiger partial charge in [-0.05, 0) is 44.4 Å². The monoisotopic (exact) mass is 370 g/mol. The number of anilines is 1. The predicted octanol–water partition coefficient (Wildman–Crippen LogP) is 3.67. The van der Waals surface area contributed by atoms with Crippen LogP contribution < -0.4 is 5.32 Å². The number of hydrogen-bond donors (Lipinski definition) is 1. The maximum atomic E-state index is 12.9. The van der Waals surface area contributed by atoms with E-state index >= 15 is 0 Å². The molecule has 6 heteroatoms. The summed E-state index contributed by atoms with van der Waals surface area (Å²) in [5, 5.41) is 5.05. The van der Waals surface area contributed by atoms with Crippen molar-refractivity contribution >= 4 is 34.4 Å². The summed E-state index contributed by atoms with van der Waals surface area (Å²) >= 11 is 1.44. The molecule has 0 radical (unpaired) electrons. The predicted molar refractivity (Wildman–Crippen MR) is 104 cm³/mol. The summed E-state index contributed by atoms with van der Waals surface area (Å²) in [6.07, 6.45) is 0.0534. The molecule has 136 valence electrons. The zero-order valence-electron chi connectivity index (χ0n) is 15.1. The highest BCUT2D eigenvalue weighted by molar-refractivity contribution is 7.11. The quantitative estimate of drug-likeness (QED) is 0.756. The van der Waals surface area contributed by atoms with Crippen molar-refractivity contribution in [1.29, 1.82) is 0 Å². The Balaban J connectivity index is 1.89. The molecular weight excluding hydrogens is 348 g/mol. The molecular formula is C20H22N2O3S. The minimum Gasteiger partial charge on any atom is -0.377 e. The summed E-state index contributed by atoms with van der Waals surface area (Å²) in [6, 6.07) is 11.5. The first-order valence-corrected chi connectivity index (χ1v) is 9.45. The van der Waals surface area contributed by atoms with Gasteiger partial charge < -0.3 is 10.1 Å². The lowest BCUT2D eigenvalue weighted by atomic mass is 10.1. The van der Waals surface area contributed by atoms with E-state index in [0.717, 1.165) is 16.1 Å². The van der Waals surface area contributed by atoms with E-state index in [0.29, 0.717) is 17.9 Å². The SMILES string of the molecule is Cc1ccc(NC2=C(c3cccs3)C(=O)N(CCOC(C)C)C2=O)cc1. The molecule has 1 aromatic carbocycles. The number of nitrogens with zero attached hydrogens (tertiary/aromatic N) is 1. The second-order valence-electron chi connectivity index (χ2n) is 6.40. The zero-order valence-corrected chi connectivity index (χ0v) is 15.9. The van der Waals surface area contributed by atoms with Gasteiger partial charge in [-0.3, -0.25) is 14.5 Å². The van der Waals surface area contributed by atoms with Crippen LogP contribution in [0.4, 0.5) is 5.69 Å². The van der Waals surface area contributed by atoms with Crippen LogP contribution in [0.2, 0.25) is 0 Å². The van der Waals surface area contributed by atoms with Gasteiger partial charge >= 0.3 is 0 Å². The lowest BCUT2D eigenvalue weighted by Gasteiger charge is -2.16. The minimum absolute atomic E-state index is 0.0534. The molecule has 1 aliphatic rings. The van der Waals surface area contributed by atoms with Crippen LogP contribution in [-0.2, 0) is 14.3 Å². The summed E-state index contributed by atoms with van der Waals surface area (Å²) < 4.78 is 5.51. The van der Waals surface area contributed by atoms with Crippen LogP contribution in [-0.4, -0.2) is 36.0 Å². The van der Waals surface area contributed by atoms with Crippen molar-refractivity contribution in [3.05, 3.63) is 57.9 Å². The number of rotatable bonds is 7. The summed E-state index contributed by atoms with van der Waals surface area (Å²) in [7, 11) is 0. The molecule has 2 aromatic rings. The van der Waals surface area contributed by atoms with Gasteiger partial charge in [-0.2, -0.15) is 0 Å². The van der Waals surface area contributed by atoms with E-state index in [1.165, 1.54) is 16.2 Å². The molecule has 0 bridgehead atoms. The molecule has 0 spiro atoms. The Morgan fingerprint density at radius 1 is 1.12 bits per heavy atom. The average Bonchev–Trinajstić information content (AvgIpc) is 3.19. The van der Waals surface area contributed by atoms with E-state index in [4.69, 9.17) is 4.74 Å². The van der Waals surface area contributed by atoms with Crippen LogP contribution in [0.5, 0.6) is 0 Å². The highest BCUT2D eigenvalue weighted by Crippen LogP contribution is 2.32. The number of hydrogen-bond acceptors (Lipinski definition) is 5. The van der Waals surface area contributed by atoms with Gasteiger partial charge in [0.1, 0.15) is 5.70 Å². The van der Waals surface area contributed by atoms with Gasteiger partial charge in [-0.25, -0.2) is 0 Å². The molecule has 0 fully saturated rings. The maximum absolute atomic E-state index is 12.9. The highest BCUT2D eigenvalue weighted by Gasteiger charge is 2.39. The van der Waals surface area contributed by atoms with Crippen molar-refractivity contribution in [3.8, 4) is 0 Å². The summed E-state index contributed by atoms with van der Waals surface area (Å²) in [6.45, 7) is 6.41. The summed E-state index contributed by atoms with van der Waals surface area (Å²) in [4.78, 5) is 27.8. The number of carbonyl (C=O) groups excluding carboxylic acids is 2. The lowest BCUT2D eigenvalue weighted by molar-refractivity contribution is -0.137. The fourth-order valence-electron chi connectivity index (χ4n) is 2.71. The topological polar surface area (TPSA) is 58.6 Å². The number of aryl methyl sites for hydroxylation is 1. The van der Waals surface area contributed by atoms with Crippen LogP contribution in [0.25, 0.3) is 5.57 Å². The number of ether oxygens (including phenoxy) is 1. The maximum Gasteiger partial charge on any atom is 0.278 e. The first kappa shape index (κ1) is 18.4. The van der Waals surface area contributed by atoms with Crippen LogP contribution in [0.15, 0.2) is 47.5 Å². The molecule has 0 saturated heterocycles. The fraction of sp³-hybridized carbons (Fsp3) is 0.300. The fourth-order valence-corrected chi connectivity index (χ4v) is 3.47. The summed E-state index contributed by atoms with van der Waals surface area (Å²) in [5.41, 5.74) is 2.66. The van der Waals surface area contributed by atoms with Crippen molar-refractivity contribution in [2.75, 3.05) is 18.5 Å². The molecule has 0 atom stereocenters. The molecule has 0 unspecified atom stereocenters. The molecule has 0 saturated carbocycles. The van der Waals surface area contributed by atoms with Gasteiger partial charge in [-0.1, -0.05) is 23.8 Å². The van der Waals surface area contributed by atoms with Gasteiger partial charge in [0.25, 0.3) is 11.8 Å². The van der Waals surface area contributed by atoms with Crippen molar-refractivity contribution < 1.29 is 14.3 Å². The van der Waals surface area contributed by atoms with Crippen LogP contribution in [0.1, 0.15) is 24.3 Å². The third kappa shape index (κ3) is 3.86. The number of nitrogens with one attached hydrogen (secondary N) is 1. The smallest absolute Gasteiger partial charge is 0.278 e. The molecule has 3 rings (SSSR count). The van der Waals surface area contributed by atoms with Crippen molar-refractivity contribution in [2.45, 2.75) is 26.9 Å². The lowest BCUT2D eigenvalue weighted by Crippen LogP contribution is -2.35. The Morgan fingerprint density at radius 3 is 2.46 bits per heavy atom. The van der Waals surface area contributed by atoms with Gasteiger partial charge in [0.2, 0.25) is 0 Å². The third-order valence-corrected chi connectivity index (χ3v) is 4.91. The van der Waals surface area contributed by atoms with Crippen molar-refractivity contribution in [1.82, 2.24) is 4.90 Å². The van der Waals surface area contributed by atoms with Crippen LogP contribution in [0.3, 0.4) is 0 Å². The molecule has 0 aliphatic carbocycles. The molecule has 5 nitrogen and oxygen atoms in total. The molecule has 2 amide bonds. The van der Waals surface area contributed by atoms with E-state index in [-0.39, 0.29) is 24.5 Å². The normalized spacial score (nSPS) is 14.7. The first-order valence-electron chi connectivity index (χ1n) is 8.57. The van der Waals surface area contributed by atoms with E-state index < -0.39 is 0 Å². The molecule has 2 heterocycles. The minimum atomic E-state index is -0.314. The molecule has 1 aromatic heterocycles. The van der Waals surface area contributed by atoms with Gasteiger partial charge in [0.15, 0.2) is 0 Å². The number of carbonyl (C=O) groups is 2. The Kier molecular flexibility index (Phi) is 5.54.